The molecule has 0 aromatic heterocycles. The number of alkyl halides is 2. The average molecular weight is 377 g/mol. The van der Waals surface area contributed by atoms with Gasteiger partial charge < -0.3 is 9.47 Å². The number of carbonyl (C=O) groups excluding carboxylic acids is 1. The summed E-state index contributed by atoms with van der Waals surface area (Å²) in [6.07, 6.45) is 0.133. The average Bonchev–Trinajstić information content (AvgIpc) is 2.61. The van der Waals surface area contributed by atoms with E-state index in [0.29, 0.717) is 11.3 Å². The highest BCUT2D eigenvalue weighted by molar-refractivity contribution is 7.90. The first kappa shape index (κ1) is 19.6. The molecule has 0 spiro atoms. The molecule has 1 N–H and O–H groups in total. The van der Waals surface area contributed by atoms with E-state index in [1.807, 2.05) is 0 Å². The monoisotopic (exact) mass is 377 g/mol. The number of carbonyl (C=O) groups is 1. The smallest absolute Gasteiger partial charge is 0.328 e. The van der Waals surface area contributed by atoms with Crippen LogP contribution in [-0.2, 0) is 26.0 Å². The van der Waals surface area contributed by atoms with Gasteiger partial charge in [-0.2, -0.15) is 8.78 Å². The molecule has 0 saturated carbocycles. The van der Waals surface area contributed by atoms with E-state index in [2.05, 4.69) is 0 Å². The van der Waals surface area contributed by atoms with Gasteiger partial charge in [0.25, 0.3) is 0 Å². The lowest BCUT2D eigenvalue weighted by molar-refractivity contribution is -0.157. The molecule has 1 aromatic rings. The molecular formula is C16H21F2NO5S. The van der Waals surface area contributed by atoms with E-state index in [4.69, 9.17) is 9.47 Å². The van der Waals surface area contributed by atoms with E-state index in [9.17, 15) is 22.0 Å². The number of methoxy groups -OCH3 is 1. The molecular weight excluding hydrogens is 356 g/mol. The summed E-state index contributed by atoms with van der Waals surface area (Å²) in [6, 6.07) is 6.68. The molecule has 0 radical (unpaired) electrons. The van der Waals surface area contributed by atoms with E-state index in [1.54, 1.807) is 24.3 Å². The van der Waals surface area contributed by atoms with Crippen LogP contribution in [0, 0.1) is 5.92 Å². The first-order valence-electron chi connectivity index (χ1n) is 7.88. The number of nitrogens with one attached hydrogen (secondary N) is 1. The summed E-state index contributed by atoms with van der Waals surface area (Å²) in [6.45, 7) is 0.273. The molecule has 9 heteroatoms. The summed E-state index contributed by atoms with van der Waals surface area (Å²) in [5.74, 6) is -6.56. The van der Waals surface area contributed by atoms with Gasteiger partial charge in [-0.1, -0.05) is 12.1 Å². The molecule has 2 rings (SSSR count). The molecule has 0 atom stereocenters. The molecule has 0 bridgehead atoms. The van der Waals surface area contributed by atoms with Crippen molar-refractivity contribution in [3.05, 3.63) is 29.8 Å². The summed E-state index contributed by atoms with van der Waals surface area (Å²) >= 11 is 0. The minimum atomic E-state index is -4.16. The van der Waals surface area contributed by atoms with E-state index >= 15 is 0 Å². The topological polar surface area (TPSA) is 81.7 Å². The van der Waals surface area contributed by atoms with Gasteiger partial charge in [-0.3, -0.25) is 4.79 Å². The molecule has 1 aliphatic heterocycles. The van der Waals surface area contributed by atoms with Crippen LogP contribution >= 0.6 is 0 Å². The van der Waals surface area contributed by atoms with Crippen molar-refractivity contribution >= 4 is 15.9 Å². The molecule has 1 aliphatic rings. The Morgan fingerprint density at radius 3 is 2.44 bits per heavy atom. The van der Waals surface area contributed by atoms with Crippen molar-refractivity contribution in [2.24, 2.45) is 5.92 Å². The van der Waals surface area contributed by atoms with E-state index < -0.39 is 33.5 Å². The minimum absolute atomic E-state index is 0.0202. The van der Waals surface area contributed by atoms with Gasteiger partial charge in [-0.25, -0.2) is 13.1 Å². The van der Waals surface area contributed by atoms with Crippen LogP contribution in [0.4, 0.5) is 8.78 Å². The van der Waals surface area contributed by atoms with Gasteiger partial charge in [0.2, 0.25) is 10.0 Å². The molecule has 1 aromatic carbocycles. The molecule has 140 valence electrons. The fourth-order valence-electron chi connectivity index (χ4n) is 2.55. The van der Waals surface area contributed by atoms with Gasteiger partial charge in [0, 0.05) is 19.1 Å². The van der Waals surface area contributed by atoms with Crippen molar-refractivity contribution in [2.45, 2.75) is 25.2 Å². The van der Waals surface area contributed by atoms with Gasteiger partial charge in [-0.15, -0.1) is 0 Å². The summed E-state index contributed by atoms with van der Waals surface area (Å²) in [7, 11) is -2.65. The van der Waals surface area contributed by atoms with E-state index in [-0.39, 0.29) is 32.5 Å². The van der Waals surface area contributed by atoms with Crippen LogP contribution in [0.2, 0.25) is 0 Å². The number of amides is 1. The summed E-state index contributed by atoms with van der Waals surface area (Å²) in [4.78, 5) is 11.8. The first-order valence-corrected chi connectivity index (χ1v) is 9.53. The van der Waals surface area contributed by atoms with Gasteiger partial charge in [-0.05, 0) is 37.0 Å². The Bertz CT molecular complexity index is 685. The normalized spacial score (nSPS) is 16.4. The predicted molar refractivity (Wildman–Crippen MR) is 87.1 cm³/mol. The third-order valence-electron chi connectivity index (χ3n) is 4.10. The van der Waals surface area contributed by atoms with Crippen molar-refractivity contribution in [3.8, 4) is 5.75 Å². The van der Waals surface area contributed by atoms with Crippen LogP contribution < -0.4 is 9.46 Å². The van der Waals surface area contributed by atoms with Crippen LogP contribution in [-0.4, -0.2) is 46.3 Å². The molecule has 1 saturated heterocycles. The number of benzene rings is 1. The molecule has 6 nitrogen and oxygen atoms in total. The van der Waals surface area contributed by atoms with Gasteiger partial charge >= 0.3 is 11.8 Å². The Kier molecular flexibility index (Phi) is 6.34. The van der Waals surface area contributed by atoms with Gasteiger partial charge in [0.1, 0.15) is 5.75 Å². The summed E-state index contributed by atoms with van der Waals surface area (Å²) < 4.78 is 63.7. The Hall–Kier alpha value is -1.74. The maximum Gasteiger partial charge on any atom is 0.328 e. The van der Waals surface area contributed by atoms with Crippen molar-refractivity contribution in [1.29, 1.82) is 0 Å². The third kappa shape index (κ3) is 5.37. The lowest BCUT2D eigenvalue weighted by Gasteiger charge is -2.28. The highest BCUT2D eigenvalue weighted by atomic mass is 32.2. The second kappa shape index (κ2) is 8.09. The Morgan fingerprint density at radius 1 is 1.28 bits per heavy atom. The van der Waals surface area contributed by atoms with Crippen molar-refractivity contribution < 1.29 is 31.5 Å². The first-order chi connectivity index (χ1) is 11.7. The Labute approximate surface area is 145 Å². The standard InChI is InChI=1S/C16H21F2NO5S/c1-23-14-4-2-12(3-5-14)8-11-25(21,22)19-15(20)16(17,18)13-6-9-24-10-7-13/h2-5,13H,6-11H2,1H3,(H,19,20). The summed E-state index contributed by atoms with van der Waals surface area (Å²) in [5, 5.41) is 0. The fraction of sp³-hybridized carbons (Fsp3) is 0.562. The highest BCUT2D eigenvalue weighted by Crippen LogP contribution is 2.32. The van der Waals surface area contributed by atoms with E-state index in [0.717, 1.165) is 0 Å². The van der Waals surface area contributed by atoms with Gasteiger partial charge in [0.15, 0.2) is 0 Å². The highest BCUT2D eigenvalue weighted by Gasteiger charge is 2.48. The molecule has 1 amide bonds. The zero-order valence-corrected chi connectivity index (χ0v) is 14.7. The second-order valence-electron chi connectivity index (χ2n) is 5.86. The number of ether oxygens (including phenoxy) is 2. The molecule has 1 fully saturated rings. The zero-order valence-electron chi connectivity index (χ0n) is 13.8. The minimum Gasteiger partial charge on any atom is -0.497 e. The number of sulfonamides is 1. The lowest BCUT2D eigenvalue weighted by Crippen LogP contribution is -2.49. The zero-order chi connectivity index (χ0) is 18.5. The van der Waals surface area contributed by atoms with Crippen LogP contribution in [0.3, 0.4) is 0 Å². The number of hydrogen-bond acceptors (Lipinski definition) is 5. The van der Waals surface area contributed by atoms with Crippen molar-refractivity contribution in [2.75, 3.05) is 26.1 Å². The maximum absolute atomic E-state index is 14.1. The molecule has 0 aliphatic carbocycles. The number of hydrogen-bond donors (Lipinski definition) is 1. The number of rotatable bonds is 7. The SMILES string of the molecule is COc1ccc(CCS(=O)(=O)NC(=O)C(F)(F)C2CCOCC2)cc1. The van der Waals surface area contributed by atoms with Crippen LogP contribution in [0.1, 0.15) is 18.4 Å². The largest absolute Gasteiger partial charge is 0.497 e. The molecule has 1 heterocycles. The van der Waals surface area contributed by atoms with Crippen LogP contribution in [0.5, 0.6) is 5.75 Å². The fourth-order valence-corrected chi connectivity index (χ4v) is 3.58. The predicted octanol–water partition coefficient (Wildman–Crippen LogP) is 1.75. The van der Waals surface area contributed by atoms with Crippen LogP contribution in [0.25, 0.3) is 0 Å². The number of aryl methyl sites for hydroxylation is 1. The Morgan fingerprint density at radius 2 is 1.88 bits per heavy atom. The molecule has 25 heavy (non-hydrogen) atoms. The van der Waals surface area contributed by atoms with E-state index in [1.165, 1.54) is 11.8 Å². The Balaban J connectivity index is 1.93. The lowest BCUT2D eigenvalue weighted by atomic mass is 9.92. The quantitative estimate of drug-likeness (QED) is 0.783. The summed E-state index contributed by atoms with van der Waals surface area (Å²) in [5.41, 5.74) is 0.690. The second-order valence-corrected chi connectivity index (χ2v) is 7.70. The maximum atomic E-state index is 14.1. The molecule has 0 unspecified atom stereocenters. The van der Waals surface area contributed by atoms with Crippen molar-refractivity contribution in [3.63, 3.8) is 0 Å². The van der Waals surface area contributed by atoms with Crippen molar-refractivity contribution in [1.82, 2.24) is 4.72 Å². The van der Waals surface area contributed by atoms with Crippen LogP contribution in [0.15, 0.2) is 24.3 Å². The number of halogens is 2. The van der Waals surface area contributed by atoms with Gasteiger partial charge in [0.05, 0.1) is 12.9 Å². The third-order valence-corrected chi connectivity index (χ3v) is 5.34.